The van der Waals surface area contributed by atoms with Crippen molar-refractivity contribution in [3.8, 4) is 5.75 Å². The van der Waals surface area contributed by atoms with Gasteiger partial charge in [0.15, 0.2) is 6.10 Å². The van der Waals surface area contributed by atoms with Crippen molar-refractivity contribution in [2.75, 3.05) is 12.4 Å². The fourth-order valence-corrected chi connectivity index (χ4v) is 2.42. The average molecular weight is 401 g/mol. The van der Waals surface area contributed by atoms with E-state index in [1.165, 1.54) is 13.0 Å². The number of benzene rings is 1. The van der Waals surface area contributed by atoms with Gasteiger partial charge < -0.3 is 40.0 Å². The van der Waals surface area contributed by atoms with E-state index in [4.69, 9.17) is 19.3 Å². The molecule has 0 saturated carbocycles. The molecule has 0 aliphatic carbocycles. The van der Waals surface area contributed by atoms with Gasteiger partial charge in [-0.3, -0.25) is 4.79 Å². The molecule has 0 bridgehead atoms. The van der Waals surface area contributed by atoms with Gasteiger partial charge in [0.25, 0.3) is 0 Å². The Balaban J connectivity index is 0.00000190. The van der Waals surface area contributed by atoms with Gasteiger partial charge in [-0.25, -0.2) is 4.79 Å². The zero-order chi connectivity index (χ0) is 21.4. The molecule has 5 unspecified atom stereocenters. The lowest BCUT2D eigenvalue weighted by atomic mass is 9.99. The summed E-state index contributed by atoms with van der Waals surface area (Å²) < 4.78 is 15.5. The van der Waals surface area contributed by atoms with Gasteiger partial charge in [0.2, 0.25) is 6.29 Å². The lowest BCUT2D eigenvalue weighted by molar-refractivity contribution is -0.271. The van der Waals surface area contributed by atoms with Crippen LogP contribution in [-0.4, -0.2) is 70.1 Å². The molecule has 1 fully saturated rings. The molecule has 2 rings (SSSR count). The van der Waals surface area contributed by atoms with Crippen molar-refractivity contribution in [1.82, 2.24) is 0 Å². The highest BCUT2D eigenvalue weighted by Gasteiger charge is 2.48. The third-order valence-corrected chi connectivity index (χ3v) is 3.81. The monoisotopic (exact) mass is 401 g/mol. The van der Waals surface area contributed by atoms with Crippen LogP contribution in [-0.2, 0) is 25.7 Å². The lowest BCUT2D eigenvalue weighted by Gasteiger charge is -2.38. The van der Waals surface area contributed by atoms with Gasteiger partial charge in [-0.1, -0.05) is 19.9 Å². The highest BCUT2D eigenvalue weighted by Crippen LogP contribution is 2.30. The highest BCUT2D eigenvalue weighted by atomic mass is 16.7. The summed E-state index contributed by atoms with van der Waals surface area (Å²) in [6, 6.07) is 4.75. The van der Waals surface area contributed by atoms with Crippen LogP contribution in [0.4, 0.5) is 5.69 Å². The molecule has 5 atom stereocenters. The van der Waals surface area contributed by atoms with E-state index < -0.39 is 42.6 Å². The normalized spacial score (nSPS) is 26.5. The molecular formula is C18H27NO9. The van der Waals surface area contributed by atoms with Crippen LogP contribution in [0.1, 0.15) is 26.3 Å². The number of carbonyl (C=O) groups is 2. The van der Waals surface area contributed by atoms with E-state index >= 15 is 0 Å². The molecule has 0 radical (unpaired) electrons. The average Bonchev–Trinajstić information content (AvgIpc) is 2.68. The second-order valence-corrected chi connectivity index (χ2v) is 5.71. The van der Waals surface area contributed by atoms with Crippen molar-refractivity contribution in [2.24, 2.45) is 0 Å². The van der Waals surface area contributed by atoms with Crippen LogP contribution in [0.2, 0.25) is 0 Å². The fourth-order valence-electron chi connectivity index (χ4n) is 2.42. The molecule has 5 N–H and O–H groups in total. The first-order chi connectivity index (χ1) is 13.2. The molecule has 1 aromatic carbocycles. The van der Waals surface area contributed by atoms with E-state index in [1.54, 1.807) is 19.2 Å². The molecule has 0 aromatic heterocycles. The van der Waals surface area contributed by atoms with E-state index in [0.717, 1.165) is 0 Å². The number of hydrogen-bond acceptors (Lipinski definition) is 9. The number of carboxylic acids is 1. The largest absolute Gasteiger partial charge is 0.479 e. The van der Waals surface area contributed by atoms with Crippen LogP contribution < -0.4 is 10.1 Å². The van der Waals surface area contributed by atoms with Crippen LogP contribution in [0.3, 0.4) is 0 Å². The lowest BCUT2D eigenvalue weighted by Crippen LogP contribution is -2.61. The van der Waals surface area contributed by atoms with Gasteiger partial charge in [-0.2, -0.15) is 0 Å². The van der Waals surface area contributed by atoms with Gasteiger partial charge in [-0.05, 0) is 17.7 Å². The summed E-state index contributed by atoms with van der Waals surface area (Å²) in [7, 11) is 1.61. The van der Waals surface area contributed by atoms with Gasteiger partial charge >= 0.3 is 11.9 Å². The predicted molar refractivity (Wildman–Crippen MR) is 97.8 cm³/mol. The first-order valence-corrected chi connectivity index (χ1v) is 8.77. The minimum absolute atomic E-state index is 0.0544. The van der Waals surface area contributed by atoms with Gasteiger partial charge in [0.1, 0.15) is 30.7 Å². The van der Waals surface area contributed by atoms with E-state index in [0.29, 0.717) is 11.3 Å². The summed E-state index contributed by atoms with van der Waals surface area (Å²) in [6.07, 6.45) is -8.47. The maximum atomic E-state index is 11.1. The van der Waals surface area contributed by atoms with Crippen molar-refractivity contribution in [3.05, 3.63) is 23.8 Å². The summed E-state index contributed by atoms with van der Waals surface area (Å²) in [5, 5.41) is 41.4. The molecule has 10 heteroatoms. The van der Waals surface area contributed by atoms with E-state index in [1.807, 2.05) is 13.8 Å². The van der Waals surface area contributed by atoms with Crippen LogP contribution in [0, 0.1) is 0 Å². The first kappa shape index (κ1) is 23.6. The number of aliphatic carboxylic acids is 1. The van der Waals surface area contributed by atoms with Crippen LogP contribution in [0.15, 0.2) is 18.2 Å². The van der Waals surface area contributed by atoms with Crippen molar-refractivity contribution in [2.45, 2.75) is 58.1 Å². The Hall–Kier alpha value is -2.40. The molecular weight excluding hydrogens is 374 g/mol. The molecule has 1 aromatic rings. The maximum Gasteiger partial charge on any atom is 0.335 e. The van der Waals surface area contributed by atoms with Crippen LogP contribution >= 0.6 is 0 Å². The van der Waals surface area contributed by atoms with Crippen molar-refractivity contribution in [1.29, 1.82) is 0 Å². The number of hydrogen-bond donors (Lipinski definition) is 5. The summed E-state index contributed by atoms with van der Waals surface area (Å²) in [4.78, 5) is 22.0. The number of aliphatic hydroxyl groups excluding tert-OH is 3. The van der Waals surface area contributed by atoms with E-state index in [2.05, 4.69) is 5.32 Å². The van der Waals surface area contributed by atoms with Crippen molar-refractivity contribution >= 4 is 17.6 Å². The summed E-state index contributed by atoms with van der Waals surface area (Å²) in [5.41, 5.74) is 1.12. The molecule has 1 saturated heterocycles. The Kier molecular flexibility index (Phi) is 9.13. The Morgan fingerprint density at radius 3 is 2.32 bits per heavy atom. The standard InChI is InChI=1S/C16H21NO9.C2H6/c1-7(18)24-6-8-3-4-10(9(5-8)17-2)25-16-13(21)11(19)12(20)14(26-16)15(22)23;1-2/h3-5,11-14,16-17,19-21H,6H2,1-2H3,(H,22,23);1-2H3. The van der Waals surface area contributed by atoms with Crippen molar-refractivity contribution in [3.63, 3.8) is 0 Å². The minimum atomic E-state index is -1.79. The Labute approximate surface area is 162 Å². The molecule has 0 amide bonds. The number of esters is 1. The number of anilines is 1. The zero-order valence-electron chi connectivity index (χ0n) is 16.2. The number of rotatable bonds is 6. The SMILES string of the molecule is CC.CNc1cc(COC(C)=O)ccc1OC1OC(C(=O)O)C(O)C(O)C1O. The van der Waals surface area contributed by atoms with E-state index in [-0.39, 0.29) is 12.4 Å². The predicted octanol–water partition coefficient (Wildman–Crippen LogP) is 0.0886. The topological polar surface area (TPSA) is 155 Å². The fraction of sp³-hybridized carbons (Fsp3) is 0.556. The number of carboxylic acid groups (broad SMARTS) is 1. The van der Waals surface area contributed by atoms with Gasteiger partial charge in [-0.15, -0.1) is 0 Å². The molecule has 10 nitrogen and oxygen atoms in total. The van der Waals surface area contributed by atoms with Crippen LogP contribution in [0.5, 0.6) is 5.75 Å². The molecule has 1 aliphatic heterocycles. The third-order valence-electron chi connectivity index (χ3n) is 3.81. The Morgan fingerprint density at radius 2 is 1.79 bits per heavy atom. The number of nitrogens with one attached hydrogen (secondary N) is 1. The highest BCUT2D eigenvalue weighted by molar-refractivity contribution is 5.73. The Morgan fingerprint density at radius 1 is 1.14 bits per heavy atom. The molecule has 1 heterocycles. The molecule has 1 aliphatic rings. The summed E-state index contributed by atoms with van der Waals surface area (Å²) in [5.74, 6) is -1.72. The second-order valence-electron chi connectivity index (χ2n) is 5.71. The van der Waals surface area contributed by atoms with Crippen LogP contribution in [0.25, 0.3) is 0 Å². The number of aliphatic hydroxyl groups is 3. The quantitative estimate of drug-likeness (QED) is 0.414. The minimum Gasteiger partial charge on any atom is -0.479 e. The third kappa shape index (κ3) is 5.80. The second kappa shape index (κ2) is 10.8. The van der Waals surface area contributed by atoms with E-state index in [9.17, 15) is 24.9 Å². The van der Waals surface area contributed by atoms with Crippen molar-refractivity contribution < 1.29 is 44.2 Å². The number of ether oxygens (including phenoxy) is 3. The smallest absolute Gasteiger partial charge is 0.335 e. The summed E-state index contributed by atoms with van der Waals surface area (Å²) >= 11 is 0. The molecule has 28 heavy (non-hydrogen) atoms. The number of carbonyl (C=O) groups excluding carboxylic acids is 1. The maximum absolute atomic E-state index is 11.1. The zero-order valence-corrected chi connectivity index (χ0v) is 16.2. The van der Waals surface area contributed by atoms with Gasteiger partial charge in [0, 0.05) is 14.0 Å². The molecule has 0 spiro atoms. The first-order valence-electron chi connectivity index (χ1n) is 8.77. The van der Waals surface area contributed by atoms with Gasteiger partial charge in [0.05, 0.1) is 5.69 Å². The Bertz CT molecular complexity index is 666. The molecule has 158 valence electrons. The summed E-state index contributed by atoms with van der Waals surface area (Å²) in [6.45, 7) is 5.34.